The van der Waals surface area contributed by atoms with Crippen LogP contribution in [0, 0.1) is 0 Å². The lowest BCUT2D eigenvalue weighted by atomic mass is 9.73. The van der Waals surface area contributed by atoms with Crippen LogP contribution in [-0.4, -0.2) is 33.6 Å². The number of rotatable bonds is 7. The van der Waals surface area contributed by atoms with E-state index < -0.39 is 0 Å². The Hall–Kier alpha value is -0.830. The molecule has 0 aromatic heterocycles. The molecule has 0 aromatic rings. The highest BCUT2D eigenvalue weighted by molar-refractivity contribution is 5.87. The fraction of sp³-hybridized carbons (Fsp3) is 0.857. The molecule has 0 amide bonds. The number of unbranched alkanes of at least 4 members (excludes halogenated alkanes) is 2. The van der Waals surface area contributed by atoms with E-state index in [9.17, 15) is 4.79 Å². The van der Waals surface area contributed by atoms with Gasteiger partial charge in [-0.05, 0) is 54.9 Å². The van der Waals surface area contributed by atoms with Crippen LogP contribution in [0.25, 0.3) is 0 Å². The van der Waals surface area contributed by atoms with Crippen molar-refractivity contribution in [3.63, 3.8) is 0 Å². The molecule has 0 saturated carbocycles. The molecule has 3 nitrogen and oxygen atoms in total. The van der Waals surface area contributed by atoms with E-state index in [0.717, 1.165) is 12.8 Å². The van der Waals surface area contributed by atoms with E-state index in [1.807, 2.05) is 0 Å². The molecule has 0 aromatic carbocycles. The normalized spacial score (nSPS) is 21.5. The summed E-state index contributed by atoms with van der Waals surface area (Å²) in [5.74, 6) is -0.262. The smallest absolute Gasteiger partial charge is 0.333 e. The van der Waals surface area contributed by atoms with E-state index in [2.05, 4.69) is 59.9 Å². The molecule has 1 heterocycles. The summed E-state index contributed by atoms with van der Waals surface area (Å²) in [4.78, 5) is 14.6. The number of piperidine rings is 1. The maximum absolute atomic E-state index is 12.0. The van der Waals surface area contributed by atoms with Crippen molar-refractivity contribution in [3.8, 4) is 0 Å². The van der Waals surface area contributed by atoms with Crippen LogP contribution in [0.4, 0.5) is 0 Å². The number of likely N-dealkylation sites (tertiary alicyclic amines) is 1. The minimum Gasteiger partial charge on any atom is -0.459 e. The van der Waals surface area contributed by atoms with Crippen molar-refractivity contribution in [2.45, 2.75) is 117 Å². The first-order valence-electron chi connectivity index (χ1n) is 9.50. The molecule has 0 aliphatic carbocycles. The van der Waals surface area contributed by atoms with Gasteiger partial charge < -0.3 is 4.74 Å². The molecule has 0 radical (unpaired) electrons. The van der Waals surface area contributed by atoms with Crippen LogP contribution in [-0.2, 0) is 9.53 Å². The molecule has 1 rings (SSSR count). The van der Waals surface area contributed by atoms with E-state index in [1.165, 1.54) is 25.7 Å². The lowest BCUT2D eigenvalue weighted by molar-refractivity contribution is -0.166. The first-order chi connectivity index (χ1) is 10.8. The molecule has 0 spiro atoms. The Labute approximate surface area is 149 Å². The second kappa shape index (κ2) is 7.59. The molecule has 0 atom stereocenters. The van der Waals surface area contributed by atoms with Crippen LogP contribution in [0.2, 0.25) is 0 Å². The Balaban J connectivity index is 2.96. The van der Waals surface area contributed by atoms with Gasteiger partial charge in [-0.3, -0.25) is 4.90 Å². The predicted molar refractivity (Wildman–Crippen MR) is 102 cm³/mol. The highest BCUT2D eigenvalue weighted by atomic mass is 16.5. The van der Waals surface area contributed by atoms with Gasteiger partial charge in [-0.2, -0.15) is 0 Å². The van der Waals surface area contributed by atoms with Gasteiger partial charge in [0.2, 0.25) is 0 Å². The van der Waals surface area contributed by atoms with Gasteiger partial charge >= 0.3 is 5.97 Å². The van der Waals surface area contributed by atoms with Crippen molar-refractivity contribution in [1.82, 2.24) is 4.90 Å². The van der Waals surface area contributed by atoms with Gasteiger partial charge in [0, 0.05) is 35.0 Å². The monoisotopic (exact) mass is 337 g/mol. The van der Waals surface area contributed by atoms with Crippen molar-refractivity contribution in [2.24, 2.45) is 0 Å². The van der Waals surface area contributed by atoms with Crippen LogP contribution in [0.1, 0.15) is 93.9 Å². The average Bonchev–Trinajstić information content (AvgIpc) is 2.34. The van der Waals surface area contributed by atoms with E-state index in [1.54, 1.807) is 6.92 Å². The fourth-order valence-electron chi connectivity index (χ4n) is 5.08. The second-order valence-corrected chi connectivity index (χ2v) is 9.45. The molecule has 3 heteroatoms. The SMILES string of the molecule is C=C(C)C(=O)OC1CC(C)(C)N(C(C)(C)CCCCC)C(C)(C)C1. The highest BCUT2D eigenvalue weighted by Crippen LogP contribution is 2.45. The standard InChI is InChI=1S/C21H39NO2/c1-10-11-12-13-19(4,5)22-20(6,7)14-17(15-21(22,8)9)24-18(23)16(2)3/h17H,2,10-15H2,1,3-9H3. The molecule has 0 bridgehead atoms. The third-order valence-electron chi connectivity index (χ3n) is 5.28. The molecule has 1 fully saturated rings. The highest BCUT2D eigenvalue weighted by Gasteiger charge is 2.51. The predicted octanol–water partition coefficient (Wildman–Crippen LogP) is 5.49. The first kappa shape index (κ1) is 21.2. The van der Waals surface area contributed by atoms with Gasteiger partial charge in [-0.15, -0.1) is 0 Å². The zero-order valence-corrected chi connectivity index (χ0v) is 17.3. The summed E-state index contributed by atoms with van der Waals surface area (Å²) in [6.07, 6.45) is 6.70. The summed E-state index contributed by atoms with van der Waals surface area (Å²) in [6, 6.07) is 0. The Morgan fingerprint density at radius 2 is 1.67 bits per heavy atom. The quantitative estimate of drug-likeness (QED) is 0.350. The Morgan fingerprint density at radius 1 is 1.17 bits per heavy atom. The van der Waals surface area contributed by atoms with Gasteiger partial charge in [0.1, 0.15) is 6.10 Å². The van der Waals surface area contributed by atoms with Crippen LogP contribution < -0.4 is 0 Å². The van der Waals surface area contributed by atoms with Gasteiger partial charge in [-0.1, -0.05) is 32.8 Å². The molecular formula is C21H39NO2. The molecule has 1 aliphatic rings. The Morgan fingerprint density at radius 3 is 2.08 bits per heavy atom. The van der Waals surface area contributed by atoms with Gasteiger partial charge in [0.05, 0.1) is 0 Å². The number of ether oxygens (including phenoxy) is 1. The summed E-state index contributed by atoms with van der Waals surface area (Å²) in [5, 5.41) is 0. The number of esters is 1. The molecule has 1 saturated heterocycles. The summed E-state index contributed by atoms with van der Waals surface area (Å²) in [5.41, 5.74) is 0.577. The van der Waals surface area contributed by atoms with Crippen molar-refractivity contribution in [1.29, 1.82) is 0 Å². The third-order valence-corrected chi connectivity index (χ3v) is 5.28. The van der Waals surface area contributed by atoms with Crippen LogP contribution >= 0.6 is 0 Å². The minimum absolute atomic E-state index is 0.0164. The number of nitrogens with zero attached hydrogens (tertiary/aromatic N) is 1. The van der Waals surface area contributed by atoms with Gasteiger partial charge in [0.15, 0.2) is 0 Å². The molecule has 140 valence electrons. The molecule has 24 heavy (non-hydrogen) atoms. The average molecular weight is 338 g/mol. The number of hydrogen-bond acceptors (Lipinski definition) is 3. The van der Waals surface area contributed by atoms with Crippen molar-refractivity contribution >= 4 is 5.97 Å². The number of carbonyl (C=O) groups excluding carboxylic acids is 1. The summed E-state index contributed by atoms with van der Waals surface area (Å²) < 4.78 is 5.72. The fourth-order valence-corrected chi connectivity index (χ4v) is 5.08. The minimum atomic E-state index is -0.262. The first-order valence-corrected chi connectivity index (χ1v) is 9.50. The summed E-state index contributed by atoms with van der Waals surface area (Å²) in [6.45, 7) is 21.6. The summed E-state index contributed by atoms with van der Waals surface area (Å²) in [7, 11) is 0. The van der Waals surface area contributed by atoms with E-state index in [0.29, 0.717) is 5.57 Å². The summed E-state index contributed by atoms with van der Waals surface area (Å²) >= 11 is 0. The van der Waals surface area contributed by atoms with Crippen molar-refractivity contribution < 1.29 is 9.53 Å². The largest absolute Gasteiger partial charge is 0.459 e. The van der Waals surface area contributed by atoms with E-state index >= 15 is 0 Å². The van der Waals surface area contributed by atoms with Gasteiger partial charge in [0.25, 0.3) is 0 Å². The number of carbonyl (C=O) groups is 1. The Kier molecular flexibility index (Phi) is 6.71. The van der Waals surface area contributed by atoms with Crippen molar-refractivity contribution in [2.75, 3.05) is 0 Å². The van der Waals surface area contributed by atoms with Crippen LogP contribution in [0.3, 0.4) is 0 Å². The topological polar surface area (TPSA) is 29.5 Å². The maximum atomic E-state index is 12.0. The molecule has 0 N–H and O–H groups in total. The lowest BCUT2D eigenvalue weighted by Crippen LogP contribution is -2.68. The zero-order valence-electron chi connectivity index (χ0n) is 17.3. The molecular weight excluding hydrogens is 298 g/mol. The van der Waals surface area contributed by atoms with Crippen molar-refractivity contribution in [3.05, 3.63) is 12.2 Å². The van der Waals surface area contributed by atoms with Crippen LogP contribution in [0.5, 0.6) is 0 Å². The van der Waals surface area contributed by atoms with Crippen LogP contribution in [0.15, 0.2) is 12.2 Å². The van der Waals surface area contributed by atoms with E-state index in [-0.39, 0.29) is 28.7 Å². The third kappa shape index (κ3) is 5.08. The van der Waals surface area contributed by atoms with Gasteiger partial charge in [-0.25, -0.2) is 4.79 Å². The molecule has 1 aliphatic heterocycles. The number of hydrogen-bond donors (Lipinski definition) is 0. The second-order valence-electron chi connectivity index (χ2n) is 9.45. The zero-order chi connectivity index (χ0) is 18.8. The maximum Gasteiger partial charge on any atom is 0.333 e. The molecule has 0 unspecified atom stereocenters. The van der Waals surface area contributed by atoms with E-state index in [4.69, 9.17) is 4.74 Å². The lowest BCUT2D eigenvalue weighted by Gasteiger charge is -2.61. The Bertz CT molecular complexity index is 444.